The molecule has 0 spiro atoms. The largest absolute Gasteiger partial charge is 0.372 e. The molecule has 0 aliphatic carbocycles. The Hall–Kier alpha value is -1.24. The lowest BCUT2D eigenvalue weighted by molar-refractivity contribution is 0.578. The lowest BCUT2D eigenvalue weighted by atomic mass is 10.1. The maximum Gasteiger partial charge on any atom is 0.0366 e. The van der Waals surface area contributed by atoms with Gasteiger partial charge >= 0.3 is 0 Å². The fraction of sp³-hybridized carbons (Fsp3) is 0.467. The van der Waals surface area contributed by atoms with Crippen LogP contribution in [0.4, 0.5) is 5.69 Å². The predicted octanol–water partition coefficient (Wildman–Crippen LogP) is 4.10. The zero-order valence-corrected chi connectivity index (χ0v) is 10.2. The Morgan fingerprint density at radius 3 is 2.38 bits per heavy atom. The fourth-order valence-electron chi connectivity index (χ4n) is 2.20. The van der Waals surface area contributed by atoms with Gasteiger partial charge in [-0.3, -0.25) is 0 Å². The molecular formula is C15H21N. The van der Waals surface area contributed by atoms with Crippen molar-refractivity contribution in [3.63, 3.8) is 0 Å². The molecule has 1 fully saturated rings. The van der Waals surface area contributed by atoms with E-state index >= 15 is 0 Å². The third-order valence-corrected chi connectivity index (χ3v) is 3.16. The maximum atomic E-state index is 2.50. The molecule has 1 aliphatic rings. The van der Waals surface area contributed by atoms with Crippen LogP contribution in [0.2, 0.25) is 0 Å². The molecule has 2 rings (SSSR count). The number of anilines is 1. The van der Waals surface area contributed by atoms with Crippen LogP contribution < -0.4 is 4.90 Å². The van der Waals surface area contributed by atoms with E-state index in [2.05, 4.69) is 48.2 Å². The van der Waals surface area contributed by atoms with E-state index < -0.39 is 0 Å². The molecule has 0 atom stereocenters. The Morgan fingerprint density at radius 2 is 1.75 bits per heavy atom. The molecule has 0 unspecified atom stereocenters. The Labute approximate surface area is 98.8 Å². The van der Waals surface area contributed by atoms with Gasteiger partial charge in [-0.15, -0.1) is 0 Å². The van der Waals surface area contributed by atoms with E-state index in [4.69, 9.17) is 0 Å². The molecule has 1 heterocycles. The van der Waals surface area contributed by atoms with Gasteiger partial charge in [-0.1, -0.05) is 31.2 Å². The highest BCUT2D eigenvalue weighted by Crippen LogP contribution is 2.20. The Balaban J connectivity index is 2.03. The van der Waals surface area contributed by atoms with Crippen molar-refractivity contribution in [3.8, 4) is 0 Å². The van der Waals surface area contributed by atoms with Gasteiger partial charge in [0.25, 0.3) is 0 Å². The second kappa shape index (κ2) is 5.74. The van der Waals surface area contributed by atoms with Crippen LogP contribution in [0.15, 0.2) is 30.3 Å². The smallest absolute Gasteiger partial charge is 0.0366 e. The Morgan fingerprint density at radius 1 is 1.06 bits per heavy atom. The lowest BCUT2D eigenvalue weighted by Gasteiger charge is -2.28. The van der Waals surface area contributed by atoms with Crippen molar-refractivity contribution >= 4 is 11.8 Å². The number of rotatable bonds is 3. The van der Waals surface area contributed by atoms with E-state index in [1.54, 1.807) is 0 Å². The lowest BCUT2D eigenvalue weighted by Crippen LogP contribution is -2.29. The van der Waals surface area contributed by atoms with Gasteiger partial charge in [0, 0.05) is 18.8 Å². The van der Waals surface area contributed by atoms with Crippen molar-refractivity contribution in [2.24, 2.45) is 0 Å². The number of piperidine rings is 1. The van der Waals surface area contributed by atoms with Gasteiger partial charge in [-0.2, -0.15) is 0 Å². The predicted molar refractivity (Wildman–Crippen MR) is 71.8 cm³/mol. The van der Waals surface area contributed by atoms with E-state index in [0.29, 0.717) is 0 Å². The highest BCUT2D eigenvalue weighted by molar-refractivity contribution is 5.56. The Bertz CT molecular complexity index is 331. The molecule has 1 nitrogen and oxygen atoms in total. The maximum absolute atomic E-state index is 2.50. The van der Waals surface area contributed by atoms with Crippen molar-refractivity contribution in [3.05, 3.63) is 35.9 Å². The minimum absolute atomic E-state index is 1.11. The van der Waals surface area contributed by atoms with E-state index in [1.165, 1.54) is 43.6 Å². The SMILES string of the molecule is CC/C=C/c1ccc(N2CCCCC2)cc1. The average Bonchev–Trinajstić information content (AvgIpc) is 2.38. The van der Waals surface area contributed by atoms with E-state index in [0.717, 1.165) is 6.42 Å². The van der Waals surface area contributed by atoms with Gasteiger partial charge in [-0.25, -0.2) is 0 Å². The van der Waals surface area contributed by atoms with Crippen molar-refractivity contribution in [1.82, 2.24) is 0 Å². The summed E-state index contributed by atoms with van der Waals surface area (Å²) in [5, 5.41) is 0. The fourth-order valence-corrected chi connectivity index (χ4v) is 2.20. The second-order valence-corrected chi connectivity index (χ2v) is 4.45. The number of hydrogen-bond donors (Lipinski definition) is 0. The minimum Gasteiger partial charge on any atom is -0.372 e. The molecule has 0 amide bonds. The second-order valence-electron chi connectivity index (χ2n) is 4.45. The summed E-state index contributed by atoms with van der Waals surface area (Å²) >= 11 is 0. The van der Waals surface area contributed by atoms with Gasteiger partial charge in [0.1, 0.15) is 0 Å². The molecule has 16 heavy (non-hydrogen) atoms. The van der Waals surface area contributed by atoms with Crippen LogP contribution in [0.3, 0.4) is 0 Å². The molecule has 1 aromatic rings. The first-order chi connectivity index (χ1) is 7.90. The van der Waals surface area contributed by atoms with E-state index in [9.17, 15) is 0 Å². The summed E-state index contributed by atoms with van der Waals surface area (Å²) < 4.78 is 0. The minimum atomic E-state index is 1.11. The summed E-state index contributed by atoms with van der Waals surface area (Å²) in [6.45, 7) is 4.62. The van der Waals surface area contributed by atoms with Gasteiger partial charge < -0.3 is 4.90 Å². The molecule has 0 aromatic heterocycles. The summed E-state index contributed by atoms with van der Waals surface area (Å²) in [6.07, 6.45) is 9.59. The third kappa shape index (κ3) is 2.88. The quantitative estimate of drug-likeness (QED) is 0.733. The topological polar surface area (TPSA) is 3.24 Å². The standard InChI is InChI=1S/C15H21N/c1-2-3-7-14-8-10-15(11-9-14)16-12-5-4-6-13-16/h3,7-11H,2,4-6,12-13H2,1H3/b7-3+. The number of hydrogen-bond acceptors (Lipinski definition) is 1. The van der Waals surface area contributed by atoms with E-state index in [-0.39, 0.29) is 0 Å². The summed E-state index contributed by atoms with van der Waals surface area (Å²) in [5.74, 6) is 0. The van der Waals surface area contributed by atoms with Gasteiger partial charge in [0.15, 0.2) is 0 Å². The van der Waals surface area contributed by atoms with Crippen molar-refractivity contribution in [2.45, 2.75) is 32.6 Å². The van der Waals surface area contributed by atoms with Crippen molar-refractivity contribution in [1.29, 1.82) is 0 Å². The van der Waals surface area contributed by atoms with Crippen LogP contribution in [0, 0.1) is 0 Å². The van der Waals surface area contributed by atoms with Gasteiger partial charge in [0.2, 0.25) is 0 Å². The first-order valence-corrected chi connectivity index (χ1v) is 6.41. The molecule has 0 saturated carbocycles. The highest BCUT2D eigenvalue weighted by atomic mass is 15.1. The first kappa shape index (κ1) is 11.3. The van der Waals surface area contributed by atoms with Gasteiger partial charge in [0.05, 0.1) is 0 Å². The van der Waals surface area contributed by atoms with Crippen molar-refractivity contribution in [2.75, 3.05) is 18.0 Å². The van der Waals surface area contributed by atoms with Crippen LogP contribution in [-0.2, 0) is 0 Å². The molecule has 1 aromatic carbocycles. The molecule has 1 aliphatic heterocycles. The molecule has 86 valence electrons. The van der Waals surface area contributed by atoms with Crippen molar-refractivity contribution < 1.29 is 0 Å². The number of benzene rings is 1. The monoisotopic (exact) mass is 215 g/mol. The van der Waals surface area contributed by atoms with Crippen LogP contribution in [0.25, 0.3) is 6.08 Å². The zero-order valence-electron chi connectivity index (χ0n) is 10.2. The van der Waals surface area contributed by atoms with Gasteiger partial charge in [-0.05, 0) is 43.4 Å². The normalized spacial score (nSPS) is 16.9. The van der Waals surface area contributed by atoms with Crippen LogP contribution in [0.1, 0.15) is 38.2 Å². The van der Waals surface area contributed by atoms with E-state index in [1.807, 2.05) is 0 Å². The summed E-state index contributed by atoms with van der Waals surface area (Å²) in [6, 6.07) is 8.94. The summed E-state index contributed by atoms with van der Waals surface area (Å²) in [7, 11) is 0. The molecule has 0 N–H and O–H groups in total. The molecule has 0 radical (unpaired) electrons. The number of allylic oxidation sites excluding steroid dienone is 1. The average molecular weight is 215 g/mol. The molecule has 1 saturated heterocycles. The highest BCUT2D eigenvalue weighted by Gasteiger charge is 2.09. The number of nitrogens with zero attached hydrogens (tertiary/aromatic N) is 1. The van der Waals surface area contributed by atoms with Crippen LogP contribution in [0.5, 0.6) is 0 Å². The molecular weight excluding hydrogens is 194 g/mol. The molecule has 0 bridgehead atoms. The molecule has 1 heteroatoms. The Kier molecular flexibility index (Phi) is 4.03. The zero-order chi connectivity index (χ0) is 11.2. The van der Waals surface area contributed by atoms with Crippen LogP contribution >= 0.6 is 0 Å². The summed E-state index contributed by atoms with van der Waals surface area (Å²) in [5.41, 5.74) is 2.69. The first-order valence-electron chi connectivity index (χ1n) is 6.41. The summed E-state index contributed by atoms with van der Waals surface area (Å²) in [4.78, 5) is 2.50. The van der Waals surface area contributed by atoms with Crippen LogP contribution in [-0.4, -0.2) is 13.1 Å². The third-order valence-electron chi connectivity index (χ3n) is 3.16.